The summed E-state index contributed by atoms with van der Waals surface area (Å²) in [5.74, 6) is 1.27. The molecule has 1 unspecified atom stereocenters. The van der Waals surface area contributed by atoms with E-state index in [-0.39, 0.29) is 11.9 Å². The first-order valence-corrected chi connectivity index (χ1v) is 6.50. The predicted molar refractivity (Wildman–Crippen MR) is 67.8 cm³/mol. The van der Waals surface area contributed by atoms with Crippen LogP contribution in [0, 0.1) is 0 Å². The average Bonchev–Trinajstić information content (AvgIpc) is 2.77. The Morgan fingerprint density at radius 2 is 2.22 bits per heavy atom. The molecule has 1 aromatic heterocycles. The highest BCUT2D eigenvalue weighted by atomic mass is 16.1. The van der Waals surface area contributed by atoms with Gasteiger partial charge in [-0.3, -0.25) is 9.69 Å². The second kappa shape index (κ2) is 5.48. The Morgan fingerprint density at radius 1 is 1.56 bits per heavy atom. The van der Waals surface area contributed by atoms with Crippen LogP contribution in [0.15, 0.2) is 6.33 Å². The molecule has 6 nitrogen and oxygen atoms in total. The number of nitrogens with zero attached hydrogens (tertiary/aromatic N) is 4. The molecule has 18 heavy (non-hydrogen) atoms. The number of amides is 1. The summed E-state index contributed by atoms with van der Waals surface area (Å²) >= 11 is 0. The smallest absolute Gasteiger partial charge is 0.234 e. The van der Waals surface area contributed by atoms with Crippen LogP contribution in [-0.4, -0.2) is 44.7 Å². The highest BCUT2D eigenvalue weighted by Gasteiger charge is 2.29. The van der Waals surface area contributed by atoms with Gasteiger partial charge in [-0.2, -0.15) is 0 Å². The molecule has 6 heteroatoms. The van der Waals surface area contributed by atoms with Crippen LogP contribution in [0.25, 0.3) is 0 Å². The minimum absolute atomic E-state index is 0.120. The van der Waals surface area contributed by atoms with Gasteiger partial charge in [0.15, 0.2) is 0 Å². The molecule has 2 rings (SSSR count). The zero-order chi connectivity index (χ0) is 13.1. The minimum atomic E-state index is -0.213. The maximum absolute atomic E-state index is 11.3. The molecule has 0 radical (unpaired) electrons. The lowest BCUT2D eigenvalue weighted by Gasteiger charge is -2.35. The monoisotopic (exact) mass is 251 g/mol. The molecule has 0 aromatic carbocycles. The van der Waals surface area contributed by atoms with E-state index in [2.05, 4.69) is 15.1 Å². The number of carbonyl (C=O) groups excluding carboxylic acids is 1. The minimum Gasteiger partial charge on any atom is -0.368 e. The van der Waals surface area contributed by atoms with Crippen molar-refractivity contribution in [1.29, 1.82) is 0 Å². The van der Waals surface area contributed by atoms with E-state index in [1.165, 1.54) is 0 Å². The van der Waals surface area contributed by atoms with Crippen LogP contribution in [0.2, 0.25) is 0 Å². The van der Waals surface area contributed by atoms with Crippen molar-refractivity contribution in [1.82, 2.24) is 19.7 Å². The fourth-order valence-electron chi connectivity index (χ4n) is 2.77. The molecule has 0 saturated carbocycles. The van der Waals surface area contributed by atoms with Crippen LogP contribution in [0.3, 0.4) is 0 Å². The van der Waals surface area contributed by atoms with Crippen molar-refractivity contribution in [3.8, 4) is 0 Å². The van der Waals surface area contributed by atoms with Crippen LogP contribution in [0.4, 0.5) is 0 Å². The van der Waals surface area contributed by atoms with Crippen LogP contribution < -0.4 is 5.73 Å². The Bertz CT molecular complexity index is 408. The third-order valence-corrected chi connectivity index (χ3v) is 3.80. The second-order valence-corrected chi connectivity index (χ2v) is 4.94. The Balaban J connectivity index is 1.96. The van der Waals surface area contributed by atoms with E-state index >= 15 is 0 Å². The molecule has 1 aromatic rings. The van der Waals surface area contributed by atoms with Gasteiger partial charge < -0.3 is 10.3 Å². The number of likely N-dealkylation sites (tertiary alicyclic amines) is 1. The van der Waals surface area contributed by atoms with Crippen molar-refractivity contribution in [2.75, 3.05) is 13.1 Å². The third kappa shape index (κ3) is 2.53. The molecule has 0 bridgehead atoms. The van der Waals surface area contributed by atoms with Gasteiger partial charge >= 0.3 is 0 Å². The first kappa shape index (κ1) is 13.0. The maximum Gasteiger partial charge on any atom is 0.234 e. The van der Waals surface area contributed by atoms with Gasteiger partial charge in [-0.15, -0.1) is 10.2 Å². The summed E-state index contributed by atoms with van der Waals surface area (Å²) < 4.78 is 1.98. The summed E-state index contributed by atoms with van der Waals surface area (Å²) in [5, 5.41) is 8.09. The standard InChI is InChI=1S/C12H21N5O/c1-3-10(11(13)18)17-6-4-9(5-7-17)12-15-14-8-16(12)2/h8-10H,3-7H2,1-2H3,(H2,13,18). The van der Waals surface area contributed by atoms with Gasteiger partial charge in [-0.1, -0.05) is 6.92 Å². The highest BCUT2D eigenvalue weighted by molar-refractivity contribution is 5.79. The number of hydrogen-bond acceptors (Lipinski definition) is 4. The Labute approximate surface area is 107 Å². The lowest BCUT2D eigenvalue weighted by molar-refractivity contribution is -0.123. The molecule has 1 atom stereocenters. The number of aromatic nitrogens is 3. The molecule has 0 aliphatic carbocycles. The zero-order valence-electron chi connectivity index (χ0n) is 11.0. The fourth-order valence-corrected chi connectivity index (χ4v) is 2.77. The van der Waals surface area contributed by atoms with Gasteiger partial charge in [0.05, 0.1) is 6.04 Å². The van der Waals surface area contributed by atoms with E-state index < -0.39 is 0 Å². The second-order valence-electron chi connectivity index (χ2n) is 4.94. The SMILES string of the molecule is CCC(C(N)=O)N1CCC(c2nncn2C)CC1. The van der Waals surface area contributed by atoms with Crippen LogP contribution in [0.1, 0.15) is 37.9 Å². The molecule has 2 heterocycles. The van der Waals surface area contributed by atoms with Gasteiger partial charge in [0.25, 0.3) is 0 Å². The van der Waals surface area contributed by atoms with E-state index in [1.54, 1.807) is 6.33 Å². The van der Waals surface area contributed by atoms with Crippen molar-refractivity contribution in [3.63, 3.8) is 0 Å². The van der Waals surface area contributed by atoms with E-state index in [0.29, 0.717) is 5.92 Å². The molecule has 0 spiro atoms. The average molecular weight is 251 g/mol. The number of hydrogen-bond donors (Lipinski definition) is 1. The topological polar surface area (TPSA) is 77.0 Å². The van der Waals surface area contributed by atoms with Crippen molar-refractivity contribution in [2.45, 2.75) is 38.1 Å². The van der Waals surface area contributed by atoms with E-state index in [4.69, 9.17) is 5.73 Å². The van der Waals surface area contributed by atoms with Crippen LogP contribution in [0.5, 0.6) is 0 Å². The maximum atomic E-state index is 11.3. The van der Waals surface area contributed by atoms with Crippen LogP contribution >= 0.6 is 0 Å². The summed E-state index contributed by atoms with van der Waals surface area (Å²) in [6.07, 6.45) is 4.54. The number of rotatable bonds is 4. The quantitative estimate of drug-likeness (QED) is 0.832. The molecular formula is C12H21N5O. The van der Waals surface area contributed by atoms with Crippen LogP contribution in [-0.2, 0) is 11.8 Å². The van der Waals surface area contributed by atoms with Crippen molar-refractivity contribution < 1.29 is 4.79 Å². The summed E-state index contributed by atoms with van der Waals surface area (Å²) in [4.78, 5) is 13.5. The summed E-state index contributed by atoms with van der Waals surface area (Å²) in [6, 6.07) is -0.120. The van der Waals surface area contributed by atoms with Crippen molar-refractivity contribution in [2.24, 2.45) is 12.8 Å². The number of piperidine rings is 1. The molecule has 2 N–H and O–H groups in total. The van der Waals surface area contributed by atoms with Crippen molar-refractivity contribution >= 4 is 5.91 Å². The number of carbonyl (C=O) groups is 1. The van der Waals surface area contributed by atoms with Crippen molar-refractivity contribution in [3.05, 3.63) is 12.2 Å². The molecule has 1 aliphatic heterocycles. The molecule has 1 amide bonds. The Hall–Kier alpha value is -1.43. The predicted octanol–water partition coefficient (Wildman–Crippen LogP) is 0.258. The highest BCUT2D eigenvalue weighted by Crippen LogP contribution is 2.27. The lowest BCUT2D eigenvalue weighted by atomic mass is 9.94. The van der Waals surface area contributed by atoms with Gasteiger partial charge in [0, 0.05) is 13.0 Å². The van der Waals surface area contributed by atoms with E-state index in [0.717, 1.165) is 38.2 Å². The summed E-state index contributed by atoms with van der Waals surface area (Å²) in [6.45, 7) is 3.81. The van der Waals surface area contributed by atoms with Gasteiger partial charge in [-0.25, -0.2) is 0 Å². The van der Waals surface area contributed by atoms with Gasteiger partial charge in [0.2, 0.25) is 5.91 Å². The lowest BCUT2D eigenvalue weighted by Crippen LogP contribution is -2.47. The first-order chi connectivity index (χ1) is 8.63. The first-order valence-electron chi connectivity index (χ1n) is 6.50. The molecule has 1 aliphatic rings. The van der Waals surface area contributed by atoms with Gasteiger partial charge in [0.1, 0.15) is 12.2 Å². The molecule has 100 valence electrons. The van der Waals surface area contributed by atoms with Gasteiger partial charge in [-0.05, 0) is 32.4 Å². The number of nitrogens with two attached hydrogens (primary N) is 1. The largest absolute Gasteiger partial charge is 0.368 e. The zero-order valence-corrected chi connectivity index (χ0v) is 11.0. The van der Waals surface area contributed by atoms with E-state index in [9.17, 15) is 4.79 Å². The summed E-state index contributed by atoms with van der Waals surface area (Å²) in [7, 11) is 1.97. The molecule has 1 fully saturated rings. The fraction of sp³-hybridized carbons (Fsp3) is 0.750. The van der Waals surface area contributed by atoms with E-state index in [1.807, 2.05) is 18.5 Å². The third-order valence-electron chi connectivity index (χ3n) is 3.80. The number of aryl methyl sites for hydroxylation is 1. The Morgan fingerprint density at radius 3 is 2.67 bits per heavy atom. The Kier molecular flexibility index (Phi) is 3.96. The number of primary amides is 1. The summed E-state index contributed by atoms with van der Waals surface area (Å²) in [5.41, 5.74) is 5.42. The normalized spacial score (nSPS) is 19.9. The molecular weight excluding hydrogens is 230 g/mol. The molecule has 1 saturated heterocycles.